The highest BCUT2D eigenvalue weighted by Gasteiger charge is 2.11. The summed E-state index contributed by atoms with van der Waals surface area (Å²) in [5, 5.41) is 0. The Morgan fingerprint density at radius 2 is 2.14 bits per heavy atom. The molecule has 0 N–H and O–H groups in total. The summed E-state index contributed by atoms with van der Waals surface area (Å²) in [5.41, 5.74) is 4.05. The van der Waals surface area contributed by atoms with Crippen LogP contribution in [-0.2, 0) is 13.5 Å². The van der Waals surface area contributed by atoms with Crippen molar-refractivity contribution in [1.29, 1.82) is 0 Å². The molecule has 112 valence electrons. The second-order valence-electron chi connectivity index (χ2n) is 5.37. The summed E-state index contributed by atoms with van der Waals surface area (Å²) >= 11 is 0. The van der Waals surface area contributed by atoms with E-state index < -0.39 is 0 Å². The Labute approximate surface area is 129 Å². The van der Waals surface area contributed by atoms with Gasteiger partial charge in [-0.15, -0.1) is 0 Å². The van der Waals surface area contributed by atoms with Gasteiger partial charge in [0.25, 0.3) is 0 Å². The molecule has 4 heteroatoms. The first-order valence-corrected chi connectivity index (χ1v) is 7.31. The molecule has 22 heavy (non-hydrogen) atoms. The summed E-state index contributed by atoms with van der Waals surface area (Å²) in [4.78, 5) is 9.01. The van der Waals surface area contributed by atoms with Gasteiger partial charge in [-0.2, -0.15) is 0 Å². The largest absolute Gasteiger partial charge is 0.336 e. The topological polar surface area (TPSA) is 30.2 Å². The van der Waals surface area contributed by atoms with Gasteiger partial charge in [0, 0.05) is 37.3 Å². The van der Waals surface area contributed by atoms with Crippen molar-refractivity contribution in [3.8, 4) is 11.4 Å². The third-order valence-corrected chi connectivity index (χ3v) is 3.81. The molecule has 0 unspecified atom stereocenters. The van der Waals surface area contributed by atoms with E-state index in [9.17, 15) is 4.39 Å². The van der Waals surface area contributed by atoms with E-state index in [1.54, 1.807) is 6.07 Å². The molecule has 3 nitrogen and oxygen atoms in total. The molecule has 0 aliphatic carbocycles. The highest BCUT2D eigenvalue weighted by atomic mass is 19.1. The Morgan fingerprint density at radius 3 is 2.95 bits per heavy atom. The Morgan fingerprint density at radius 1 is 1.27 bits per heavy atom. The first kappa shape index (κ1) is 14.4. The highest BCUT2D eigenvalue weighted by molar-refractivity contribution is 5.98. The van der Waals surface area contributed by atoms with Crippen molar-refractivity contribution in [2.24, 2.45) is 12.0 Å². The maximum absolute atomic E-state index is 13.2. The lowest BCUT2D eigenvalue weighted by Gasteiger charge is -2.06. The summed E-state index contributed by atoms with van der Waals surface area (Å²) in [7, 11) is 1.99. The van der Waals surface area contributed by atoms with Crippen LogP contribution in [-0.4, -0.2) is 21.8 Å². The van der Waals surface area contributed by atoms with E-state index >= 15 is 0 Å². The lowest BCUT2D eigenvalue weighted by atomic mass is 10.1. The van der Waals surface area contributed by atoms with Crippen LogP contribution >= 0.6 is 0 Å². The van der Waals surface area contributed by atoms with Crippen LogP contribution in [0.2, 0.25) is 0 Å². The predicted molar refractivity (Wildman–Crippen MR) is 87.0 cm³/mol. The zero-order chi connectivity index (χ0) is 15.5. The second kappa shape index (κ2) is 6.10. The van der Waals surface area contributed by atoms with Gasteiger partial charge in [0.1, 0.15) is 11.6 Å². The van der Waals surface area contributed by atoms with Crippen LogP contribution in [0, 0.1) is 5.82 Å². The number of halogens is 1. The molecule has 0 atom stereocenters. The van der Waals surface area contributed by atoms with E-state index in [-0.39, 0.29) is 5.82 Å². The Hall–Kier alpha value is -2.49. The summed E-state index contributed by atoms with van der Waals surface area (Å²) in [6, 6.07) is 10.6. The molecule has 2 aliphatic heterocycles. The van der Waals surface area contributed by atoms with Crippen molar-refractivity contribution in [3.05, 3.63) is 65.7 Å². The number of aryl methyl sites for hydroxylation is 1. The number of benzene rings is 1. The molecule has 0 aromatic heterocycles. The van der Waals surface area contributed by atoms with Crippen LogP contribution in [0.25, 0.3) is 11.4 Å². The van der Waals surface area contributed by atoms with Crippen LogP contribution < -0.4 is 0 Å². The fourth-order valence-electron chi connectivity index (χ4n) is 2.57. The predicted octanol–water partition coefficient (Wildman–Crippen LogP) is 3.72. The molecule has 0 bridgehead atoms. The number of pyridine rings is 1. The molecule has 0 radical (unpaired) electrons. The van der Waals surface area contributed by atoms with E-state index in [2.05, 4.69) is 16.0 Å². The van der Waals surface area contributed by atoms with E-state index in [4.69, 9.17) is 0 Å². The van der Waals surface area contributed by atoms with Gasteiger partial charge in [-0.05, 0) is 48.7 Å². The Bertz CT molecular complexity index is 789. The smallest absolute Gasteiger partial charge is 0.139 e. The SMILES string of the molecule is CC(=NCCc1cnc2n(C)cccc1-2)c1cccc(F)c1. The van der Waals surface area contributed by atoms with Gasteiger partial charge in [-0.25, -0.2) is 9.37 Å². The zero-order valence-electron chi connectivity index (χ0n) is 12.8. The number of aliphatic imine (C=N–C) groups is 1. The number of hydrogen-bond acceptors (Lipinski definition) is 2. The molecule has 0 fully saturated rings. The van der Waals surface area contributed by atoms with Gasteiger partial charge >= 0.3 is 0 Å². The zero-order valence-corrected chi connectivity index (χ0v) is 12.8. The first-order chi connectivity index (χ1) is 10.6. The van der Waals surface area contributed by atoms with Crippen LogP contribution in [0.1, 0.15) is 18.1 Å². The average Bonchev–Trinajstić information content (AvgIpc) is 2.92. The molecule has 0 saturated carbocycles. The normalized spacial score (nSPS) is 12.0. The van der Waals surface area contributed by atoms with Crippen molar-refractivity contribution >= 4 is 5.71 Å². The van der Waals surface area contributed by atoms with Crippen LogP contribution in [0.4, 0.5) is 4.39 Å². The van der Waals surface area contributed by atoms with Gasteiger partial charge < -0.3 is 4.57 Å². The summed E-state index contributed by atoms with van der Waals surface area (Å²) in [6.07, 6.45) is 4.73. The quantitative estimate of drug-likeness (QED) is 0.675. The van der Waals surface area contributed by atoms with Gasteiger partial charge in [0.15, 0.2) is 0 Å². The van der Waals surface area contributed by atoms with Gasteiger partial charge in [-0.1, -0.05) is 12.1 Å². The van der Waals surface area contributed by atoms with Gasteiger partial charge in [-0.3, -0.25) is 4.99 Å². The fourth-order valence-corrected chi connectivity index (χ4v) is 2.57. The van der Waals surface area contributed by atoms with E-state index in [1.165, 1.54) is 23.3 Å². The summed E-state index contributed by atoms with van der Waals surface area (Å²) < 4.78 is 15.2. The number of fused-ring (bicyclic) bond motifs is 1. The maximum atomic E-state index is 13.2. The molecule has 2 aliphatic rings. The van der Waals surface area contributed by atoms with Crippen molar-refractivity contribution < 1.29 is 4.39 Å². The lowest BCUT2D eigenvalue weighted by Crippen LogP contribution is -2.00. The summed E-state index contributed by atoms with van der Waals surface area (Å²) in [5.74, 6) is 0.758. The minimum Gasteiger partial charge on any atom is -0.336 e. The molecule has 3 rings (SSSR count). The number of nitrogens with zero attached hydrogens (tertiary/aromatic N) is 3. The standard InChI is InChI=1S/C18H18FN3/c1-13(14-5-3-6-16(19)11-14)20-9-8-15-12-21-18-17(15)7-4-10-22(18)2/h3-7,10-12H,8-9H2,1-2H3. The van der Waals surface area contributed by atoms with E-state index in [1.807, 2.05) is 43.1 Å². The maximum Gasteiger partial charge on any atom is 0.139 e. The number of aromatic nitrogens is 2. The minimum absolute atomic E-state index is 0.231. The third-order valence-electron chi connectivity index (χ3n) is 3.81. The van der Waals surface area contributed by atoms with Crippen LogP contribution in [0.3, 0.4) is 0 Å². The fraction of sp³-hybridized carbons (Fsp3) is 0.222. The molecular weight excluding hydrogens is 277 g/mol. The summed E-state index contributed by atoms with van der Waals surface area (Å²) in [6.45, 7) is 2.58. The molecule has 0 spiro atoms. The molecule has 0 saturated heterocycles. The number of rotatable bonds is 4. The second-order valence-corrected chi connectivity index (χ2v) is 5.37. The number of hydrogen-bond donors (Lipinski definition) is 0. The van der Waals surface area contributed by atoms with Crippen molar-refractivity contribution in [2.45, 2.75) is 13.3 Å². The molecule has 2 heterocycles. The van der Waals surface area contributed by atoms with Crippen molar-refractivity contribution in [1.82, 2.24) is 9.55 Å². The third kappa shape index (κ3) is 2.91. The highest BCUT2D eigenvalue weighted by Crippen LogP contribution is 2.24. The Balaban J connectivity index is 1.71. The lowest BCUT2D eigenvalue weighted by molar-refractivity contribution is 0.627. The van der Waals surface area contributed by atoms with Gasteiger partial charge in [0.05, 0.1) is 0 Å². The monoisotopic (exact) mass is 295 g/mol. The van der Waals surface area contributed by atoms with E-state index in [0.717, 1.165) is 23.5 Å². The van der Waals surface area contributed by atoms with E-state index in [0.29, 0.717) is 6.54 Å². The average molecular weight is 295 g/mol. The molecule has 0 amide bonds. The van der Waals surface area contributed by atoms with Gasteiger partial charge in [0.2, 0.25) is 0 Å². The molecular formula is C18H18FN3. The van der Waals surface area contributed by atoms with Crippen LogP contribution in [0.15, 0.2) is 53.8 Å². The molecule has 1 aromatic rings. The van der Waals surface area contributed by atoms with Crippen LogP contribution in [0.5, 0.6) is 0 Å². The molecule has 1 aromatic carbocycles. The first-order valence-electron chi connectivity index (χ1n) is 7.31. The Kier molecular flexibility index (Phi) is 4.00. The van der Waals surface area contributed by atoms with Crippen molar-refractivity contribution in [2.75, 3.05) is 6.54 Å². The minimum atomic E-state index is -0.231. The van der Waals surface area contributed by atoms with Crippen molar-refractivity contribution in [3.63, 3.8) is 0 Å².